The smallest absolute Gasteiger partial charge is 0.213 e. The summed E-state index contributed by atoms with van der Waals surface area (Å²) in [7, 11) is 0. The first-order chi connectivity index (χ1) is 6.33. The molecule has 1 heterocycles. The molecule has 3 nitrogen and oxygen atoms in total. The molecule has 0 aliphatic carbocycles. The van der Waals surface area contributed by atoms with E-state index in [1.165, 1.54) is 0 Å². The Bertz CT molecular complexity index is 209. The van der Waals surface area contributed by atoms with Crippen LogP contribution in [0.2, 0.25) is 0 Å². The number of hydrogen-bond donors (Lipinski definition) is 1. The Kier molecular flexibility index (Phi) is 6.92. The van der Waals surface area contributed by atoms with Crippen LogP contribution in [0.15, 0.2) is 18.3 Å². The number of hydrogen-bond acceptors (Lipinski definition) is 3. The van der Waals surface area contributed by atoms with Crippen molar-refractivity contribution in [3.63, 3.8) is 0 Å². The molecule has 0 aliphatic heterocycles. The minimum Gasteiger partial charge on any atom is -0.476 e. The molecular weight excluding hydrogens is 164 g/mol. The van der Waals surface area contributed by atoms with Crippen LogP contribution in [0.25, 0.3) is 0 Å². The van der Waals surface area contributed by atoms with Gasteiger partial charge in [-0.1, -0.05) is 19.9 Å². The fourth-order valence-corrected chi connectivity index (χ4v) is 0.703. The summed E-state index contributed by atoms with van der Waals surface area (Å²) >= 11 is 0. The average molecular weight is 182 g/mol. The molecule has 1 rings (SSSR count). The van der Waals surface area contributed by atoms with Crippen LogP contribution in [-0.2, 0) is 0 Å². The molecule has 0 unspecified atom stereocenters. The number of aryl methyl sites for hydroxylation is 1. The van der Waals surface area contributed by atoms with Gasteiger partial charge in [0.2, 0.25) is 5.88 Å². The van der Waals surface area contributed by atoms with Crippen LogP contribution in [0, 0.1) is 6.92 Å². The van der Waals surface area contributed by atoms with Gasteiger partial charge in [0, 0.05) is 18.8 Å². The topological polar surface area (TPSA) is 48.1 Å². The Morgan fingerprint density at radius 2 is 2.08 bits per heavy atom. The first-order valence-corrected chi connectivity index (χ1v) is 4.58. The summed E-state index contributed by atoms with van der Waals surface area (Å²) < 4.78 is 5.17. The van der Waals surface area contributed by atoms with Crippen LogP contribution in [-0.4, -0.2) is 18.1 Å². The molecule has 1 aromatic heterocycles. The highest BCUT2D eigenvalue weighted by molar-refractivity contribution is 5.16. The van der Waals surface area contributed by atoms with Crippen LogP contribution in [0.4, 0.5) is 0 Å². The first-order valence-electron chi connectivity index (χ1n) is 4.58. The Labute approximate surface area is 79.9 Å². The lowest BCUT2D eigenvalue weighted by Gasteiger charge is -2.01. The number of pyridine rings is 1. The van der Waals surface area contributed by atoms with Gasteiger partial charge < -0.3 is 10.5 Å². The van der Waals surface area contributed by atoms with E-state index < -0.39 is 0 Å². The van der Waals surface area contributed by atoms with Crippen LogP contribution < -0.4 is 10.5 Å². The first kappa shape index (κ1) is 11.9. The molecule has 2 N–H and O–H groups in total. The molecule has 0 radical (unpaired) electrons. The predicted molar refractivity (Wildman–Crippen MR) is 54.9 cm³/mol. The van der Waals surface area contributed by atoms with E-state index in [0.717, 1.165) is 5.56 Å². The molecule has 13 heavy (non-hydrogen) atoms. The zero-order valence-corrected chi connectivity index (χ0v) is 8.58. The van der Waals surface area contributed by atoms with Crippen LogP contribution in [0.1, 0.15) is 19.4 Å². The molecule has 0 fully saturated rings. The Balaban J connectivity index is 0.000000671. The molecule has 1 aromatic rings. The summed E-state index contributed by atoms with van der Waals surface area (Å²) in [5.41, 5.74) is 6.38. The zero-order valence-electron chi connectivity index (χ0n) is 8.58. The Morgan fingerprint density at radius 1 is 1.38 bits per heavy atom. The fraction of sp³-hybridized carbons (Fsp3) is 0.500. The second-order valence-corrected chi connectivity index (χ2v) is 2.31. The van der Waals surface area contributed by atoms with Crippen molar-refractivity contribution in [3.8, 4) is 5.88 Å². The van der Waals surface area contributed by atoms with Gasteiger partial charge >= 0.3 is 0 Å². The largest absolute Gasteiger partial charge is 0.476 e. The highest BCUT2D eigenvalue weighted by Gasteiger charge is 1.91. The summed E-state index contributed by atoms with van der Waals surface area (Å²) in [6.07, 6.45) is 1.77. The molecular formula is C10H18N2O. The van der Waals surface area contributed by atoms with Gasteiger partial charge in [0.1, 0.15) is 6.61 Å². The summed E-state index contributed by atoms with van der Waals surface area (Å²) in [5.74, 6) is 0.640. The van der Waals surface area contributed by atoms with E-state index in [-0.39, 0.29) is 0 Å². The maximum atomic E-state index is 5.25. The van der Waals surface area contributed by atoms with Crippen molar-refractivity contribution in [3.05, 3.63) is 23.9 Å². The van der Waals surface area contributed by atoms with Crippen molar-refractivity contribution in [2.75, 3.05) is 13.2 Å². The maximum Gasteiger partial charge on any atom is 0.213 e. The zero-order chi connectivity index (χ0) is 10.1. The van der Waals surface area contributed by atoms with E-state index in [0.29, 0.717) is 19.0 Å². The third kappa shape index (κ3) is 5.20. The van der Waals surface area contributed by atoms with Gasteiger partial charge in [0.25, 0.3) is 0 Å². The molecule has 0 bridgehead atoms. The second-order valence-electron chi connectivity index (χ2n) is 2.31. The minimum absolute atomic E-state index is 0.523. The van der Waals surface area contributed by atoms with Crippen LogP contribution in [0.3, 0.4) is 0 Å². The lowest BCUT2D eigenvalue weighted by molar-refractivity contribution is 0.315. The van der Waals surface area contributed by atoms with E-state index in [1.54, 1.807) is 6.20 Å². The molecule has 0 atom stereocenters. The van der Waals surface area contributed by atoms with Crippen molar-refractivity contribution >= 4 is 0 Å². The third-order valence-electron chi connectivity index (χ3n) is 1.25. The molecule has 0 saturated heterocycles. The lowest BCUT2D eigenvalue weighted by atomic mass is 10.3. The van der Waals surface area contributed by atoms with E-state index in [9.17, 15) is 0 Å². The molecule has 0 amide bonds. The number of aromatic nitrogens is 1. The van der Waals surface area contributed by atoms with Crippen molar-refractivity contribution in [1.82, 2.24) is 4.98 Å². The van der Waals surface area contributed by atoms with Gasteiger partial charge in [0.05, 0.1) is 0 Å². The molecule has 0 aromatic carbocycles. The predicted octanol–water partition coefficient (Wildman–Crippen LogP) is 1.75. The summed E-state index contributed by atoms with van der Waals surface area (Å²) in [4.78, 5) is 4.04. The highest BCUT2D eigenvalue weighted by Crippen LogP contribution is 2.05. The van der Waals surface area contributed by atoms with Crippen LogP contribution >= 0.6 is 0 Å². The molecule has 74 valence electrons. The minimum atomic E-state index is 0.523. The van der Waals surface area contributed by atoms with Gasteiger partial charge in [-0.3, -0.25) is 0 Å². The van der Waals surface area contributed by atoms with E-state index in [4.69, 9.17) is 10.5 Å². The van der Waals surface area contributed by atoms with Crippen molar-refractivity contribution in [2.24, 2.45) is 5.73 Å². The standard InChI is InChI=1S/C8H12N2O.C2H6/c1-7-2-3-8(10-6-7)11-5-4-9;1-2/h2-3,6H,4-5,9H2,1H3;1-2H3. The van der Waals surface area contributed by atoms with Crippen molar-refractivity contribution in [1.29, 1.82) is 0 Å². The second kappa shape index (κ2) is 7.55. The summed E-state index contributed by atoms with van der Waals surface area (Å²) in [6.45, 7) is 7.03. The van der Waals surface area contributed by atoms with Crippen molar-refractivity contribution < 1.29 is 4.74 Å². The highest BCUT2D eigenvalue weighted by atomic mass is 16.5. The summed E-state index contributed by atoms with van der Waals surface area (Å²) in [5, 5.41) is 0. The third-order valence-corrected chi connectivity index (χ3v) is 1.25. The van der Waals surface area contributed by atoms with Gasteiger partial charge in [-0.05, 0) is 12.5 Å². The SMILES string of the molecule is CC.Cc1ccc(OCCN)nc1. The van der Waals surface area contributed by atoms with Crippen molar-refractivity contribution in [2.45, 2.75) is 20.8 Å². The molecule has 3 heteroatoms. The number of ether oxygens (including phenoxy) is 1. The Morgan fingerprint density at radius 3 is 2.54 bits per heavy atom. The average Bonchev–Trinajstić information content (AvgIpc) is 2.20. The fourth-order valence-electron chi connectivity index (χ4n) is 0.703. The molecule has 0 aliphatic rings. The van der Waals surface area contributed by atoms with E-state index >= 15 is 0 Å². The molecule has 0 spiro atoms. The van der Waals surface area contributed by atoms with Crippen LogP contribution in [0.5, 0.6) is 5.88 Å². The van der Waals surface area contributed by atoms with E-state index in [1.807, 2.05) is 32.9 Å². The van der Waals surface area contributed by atoms with Gasteiger partial charge in [-0.2, -0.15) is 0 Å². The number of nitrogens with two attached hydrogens (primary N) is 1. The maximum absolute atomic E-state index is 5.25. The lowest BCUT2D eigenvalue weighted by Crippen LogP contribution is -2.11. The summed E-state index contributed by atoms with van der Waals surface area (Å²) in [6, 6.07) is 3.80. The van der Waals surface area contributed by atoms with Gasteiger partial charge in [-0.25, -0.2) is 4.98 Å². The molecule has 0 saturated carbocycles. The monoisotopic (exact) mass is 182 g/mol. The van der Waals surface area contributed by atoms with E-state index in [2.05, 4.69) is 4.98 Å². The quantitative estimate of drug-likeness (QED) is 0.774. The number of rotatable bonds is 3. The van der Waals surface area contributed by atoms with Gasteiger partial charge in [-0.15, -0.1) is 0 Å². The Hall–Kier alpha value is -1.09. The number of nitrogens with zero attached hydrogens (tertiary/aromatic N) is 1. The van der Waals surface area contributed by atoms with Gasteiger partial charge in [0.15, 0.2) is 0 Å². The normalized spacial score (nSPS) is 8.62.